The van der Waals surface area contributed by atoms with E-state index in [-0.39, 0.29) is 0 Å². The van der Waals surface area contributed by atoms with Crippen LogP contribution in [0.4, 0.5) is 11.4 Å². The zero-order valence-corrected chi connectivity index (χ0v) is 14.0. The third kappa shape index (κ3) is 3.24. The van der Waals surface area contributed by atoms with Gasteiger partial charge in [-0.15, -0.1) is 0 Å². The van der Waals surface area contributed by atoms with Crippen molar-refractivity contribution in [2.75, 3.05) is 11.9 Å². The fourth-order valence-electron chi connectivity index (χ4n) is 2.68. The number of aryl methyl sites for hydroxylation is 3. The first-order valence-corrected chi connectivity index (χ1v) is 7.74. The van der Waals surface area contributed by atoms with E-state index < -0.39 is 0 Å². The van der Waals surface area contributed by atoms with E-state index in [4.69, 9.17) is 0 Å². The molecule has 0 saturated carbocycles. The number of anilines is 2. The Bertz CT molecular complexity index is 805. The average molecular weight is 303 g/mol. The van der Waals surface area contributed by atoms with Crippen molar-refractivity contribution in [2.24, 2.45) is 0 Å². The largest absolute Gasteiger partial charge is 0.343 e. The molecule has 2 heterocycles. The average Bonchev–Trinajstić information content (AvgIpc) is 2.55. The van der Waals surface area contributed by atoms with Crippen molar-refractivity contribution in [3.8, 4) is 11.4 Å². The molecular weight excluding hydrogens is 282 g/mol. The molecule has 0 saturated heterocycles. The molecule has 116 valence electrons. The van der Waals surface area contributed by atoms with Gasteiger partial charge >= 0.3 is 0 Å². The molecule has 2 aromatic heterocycles. The van der Waals surface area contributed by atoms with Crippen molar-refractivity contribution in [3.63, 3.8) is 0 Å². The quantitative estimate of drug-likeness (QED) is 0.693. The first-order valence-electron chi connectivity index (χ1n) is 7.74. The second-order valence-electron chi connectivity index (χ2n) is 5.97. The second kappa shape index (κ2) is 6.21. The van der Waals surface area contributed by atoms with Crippen LogP contribution < -0.4 is 4.90 Å². The molecule has 0 aliphatic carbocycles. The van der Waals surface area contributed by atoms with E-state index >= 15 is 0 Å². The Kier molecular flexibility index (Phi) is 4.11. The predicted octanol–water partition coefficient (Wildman–Crippen LogP) is 4.84. The van der Waals surface area contributed by atoms with Gasteiger partial charge in [-0.2, -0.15) is 0 Å². The molecule has 0 fully saturated rings. The molecule has 3 rings (SSSR count). The Hall–Kier alpha value is -2.68. The van der Waals surface area contributed by atoms with Crippen molar-refractivity contribution < 1.29 is 0 Å². The minimum absolute atomic E-state index is 0.891. The summed E-state index contributed by atoms with van der Waals surface area (Å²) < 4.78 is 0. The van der Waals surface area contributed by atoms with Crippen LogP contribution in [0.3, 0.4) is 0 Å². The summed E-state index contributed by atoms with van der Waals surface area (Å²) in [6.07, 6.45) is 3.77. The predicted molar refractivity (Wildman–Crippen MR) is 96.2 cm³/mol. The van der Waals surface area contributed by atoms with Gasteiger partial charge < -0.3 is 4.90 Å². The Morgan fingerprint density at radius 3 is 1.96 bits per heavy atom. The monoisotopic (exact) mass is 303 g/mol. The molecule has 1 aromatic carbocycles. The van der Waals surface area contributed by atoms with Gasteiger partial charge in [-0.05, 0) is 56.2 Å². The number of rotatable bonds is 3. The highest BCUT2D eigenvalue weighted by atomic mass is 15.1. The molecule has 0 aliphatic heterocycles. The van der Waals surface area contributed by atoms with Gasteiger partial charge in [-0.1, -0.05) is 23.8 Å². The van der Waals surface area contributed by atoms with Crippen LogP contribution in [-0.4, -0.2) is 17.0 Å². The highest BCUT2D eigenvalue weighted by Gasteiger charge is 2.08. The van der Waals surface area contributed by atoms with E-state index in [9.17, 15) is 0 Å². The van der Waals surface area contributed by atoms with Crippen LogP contribution in [-0.2, 0) is 0 Å². The first kappa shape index (κ1) is 15.2. The second-order valence-corrected chi connectivity index (χ2v) is 5.97. The van der Waals surface area contributed by atoms with Crippen LogP contribution in [0, 0.1) is 20.8 Å². The van der Waals surface area contributed by atoms with Gasteiger partial charge in [0, 0.05) is 18.9 Å². The molecule has 0 unspecified atom stereocenters. The molecule has 0 aliphatic rings. The Morgan fingerprint density at radius 2 is 1.39 bits per heavy atom. The lowest BCUT2D eigenvalue weighted by Gasteiger charge is -2.21. The summed E-state index contributed by atoms with van der Waals surface area (Å²) in [5.74, 6) is 0. The Morgan fingerprint density at radius 1 is 0.739 bits per heavy atom. The normalized spacial score (nSPS) is 10.6. The molecular formula is C20H21N3. The maximum atomic E-state index is 4.57. The third-order valence-electron chi connectivity index (χ3n) is 4.02. The fourth-order valence-corrected chi connectivity index (χ4v) is 2.68. The standard InChI is InChI=1S/C20H21N3/c1-14-6-10-20(16(3)11-14)23(4)17-7-9-19(22-13-17)18-8-5-15(2)12-21-18/h5-13H,1-4H3. The Balaban J connectivity index is 1.88. The van der Waals surface area contributed by atoms with Crippen molar-refractivity contribution in [1.82, 2.24) is 9.97 Å². The molecule has 23 heavy (non-hydrogen) atoms. The molecule has 0 amide bonds. The summed E-state index contributed by atoms with van der Waals surface area (Å²) in [4.78, 5) is 11.2. The van der Waals surface area contributed by atoms with E-state index in [2.05, 4.69) is 66.1 Å². The van der Waals surface area contributed by atoms with Crippen LogP contribution in [0.15, 0.2) is 54.9 Å². The summed E-state index contributed by atoms with van der Waals surface area (Å²) >= 11 is 0. The molecule has 3 aromatic rings. The summed E-state index contributed by atoms with van der Waals surface area (Å²) in [6, 6.07) is 14.7. The van der Waals surface area contributed by atoms with Gasteiger partial charge in [0.15, 0.2) is 0 Å². The van der Waals surface area contributed by atoms with Crippen molar-refractivity contribution in [2.45, 2.75) is 20.8 Å². The van der Waals surface area contributed by atoms with Crippen molar-refractivity contribution in [1.29, 1.82) is 0 Å². The van der Waals surface area contributed by atoms with E-state index in [1.807, 2.05) is 31.5 Å². The number of benzene rings is 1. The van der Waals surface area contributed by atoms with E-state index in [1.54, 1.807) is 0 Å². The van der Waals surface area contributed by atoms with Crippen LogP contribution in [0.1, 0.15) is 16.7 Å². The van der Waals surface area contributed by atoms with Crippen molar-refractivity contribution in [3.05, 3.63) is 71.5 Å². The molecule has 0 radical (unpaired) electrons. The SMILES string of the molecule is Cc1ccc(-c2ccc(N(C)c3ccc(C)cc3C)cn2)nc1. The summed E-state index contributed by atoms with van der Waals surface area (Å²) in [5, 5.41) is 0. The van der Waals surface area contributed by atoms with Crippen LogP contribution in [0.5, 0.6) is 0 Å². The molecule has 0 bridgehead atoms. The van der Waals surface area contributed by atoms with Crippen LogP contribution >= 0.6 is 0 Å². The minimum atomic E-state index is 0.891. The number of hydrogen-bond acceptors (Lipinski definition) is 3. The molecule has 0 N–H and O–H groups in total. The molecule has 3 heteroatoms. The fraction of sp³-hybridized carbons (Fsp3) is 0.200. The topological polar surface area (TPSA) is 29.0 Å². The molecule has 3 nitrogen and oxygen atoms in total. The van der Waals surface area contributed by atoms with E-state index in [0.717, 1.165) is 22.6 Å². The number of hydrogen-bond donors (Lipinski definition) is 0. The van der Waals surface area contributed by atoms with Gasteiger partial charge in [0.25, 0.3) is 0 Å². The highest BCUT2D eigenvalue weighted by molar-refractivity contribution is 5.67. The van der Waals surface area contributed by atoms with E-state index in [1.165, 1.54) is 16.8 Å². The lowest BCUT2D eigenvalue weighted by Crippen LogP contribution is -2.11. The van der Waals surface area contributed by atoms with Crippen molar-refractivity contribution >= 4 is 11.4 Å². The first-order chi connectivity index (χ1) is 11.0. The van der Waals surface area contributed by atoms with Crippen LogP contribution in [0.2, 0.25) is 0 Å². The number of pyridine rings is 2. The highest BCUT2D eigenvalue weighted by Crippen LogP contribution is 2.28. The van der Waals surface area contributed by atoms with Crippen LogP contribution in [0.25, 0.3) is 11.4 Å². The van der Waals surface area contributed by atoms with Gasteiger partial charge in [-0.3, -0.25) is 9.97 Å². The minimum Gasteiger partial charge on any atom is -0.343 e. The summed E-state index contributed by atoms with van der Waals surface area (Å²) in [7, 11) is 2.07. The smallest absolute Gasteiger partial charge is 0.0887 e. The van der Waals surface area contributed by atoms with Gasteiger partial charge in [0.2, 0.25) is 0 Å². The number of aromatic nitrogens is 2. The number of nitrogens with zero attached hydrogens (tertiary/aromatic N) is 3. The lowest BCUT2D eigenvalue weighted by atomic mass is 10.1. The summed E-state index contributed by atoms with van der Waals surface area (Å²) in [5.41, 5.74) is 7.74. The lowest BCUT2D eigenvalue weighted by molar-refractivity contribution is 1.15. The van der Waals surface area contributed by atoms with Gasteiger partial charge in [0.1, 0.15) is 0 Å². The third-order valence-corrected chi connectivity index (χ3v) is 4.02. The Labute approximate surface area is 137 Å². The zero-order chi connectivity index (χ0) is 16.4. The van der Waals surface area contributed by atoms with Gasteiger partial charge in [0.05, 0.1) is 23.3 Å². The molecule has 0 atom stereocenters. The maximum absolute atomic E-state index is 4.57. The summed E-state index contributed by atoms with van der Waals surface area (Å²) in [6.45, 7) is 6.28. The van der Waals surface area contributed by atoms with E-state index in [0.29, 0.717) is 0 Å². The zero-order valence-electron chi connectivity index (χ0n) is 14.0. The maximum Gasteiger partial charge on any atom is 0.0887 e. The molecule has 0 spiro atoms. The van der Waals surface area contributed by atoms with Gasteiger partial charge in [-0.25, -0.2) is 0 Å².